The molecule has 9 heteroatoms. The van der Waals surface area contributed by atoms with E-state index in [1.54, 1.807) is 7.11 Å². The number of rotatable bonds is 23. The zero-order valence-corrected chi connectivity index (χ0v) is 40.2. The molecule has 0 spiro atoms. The summed E-state index contributed by atoms with van der Waals surface area (Å²) in [7, 11) is -2.26. The van der Waals surface area contributed by atoms with E-state index in [9.17, 15) is 0 Å². The molecule has 7 nitrogen and oxygen atoms in total. The van der Waals surface area contributed by atoms with Gasteiger partial charge in [-0.1, -0.05) is 118 Å². The lowest BCUT2D eigenvalue weighted by Gasteiger charge is -2.44. The van der Waals surface area contributed by atoms with Crippen molar-refractivity contribution >= 4 is 16.6 Å². The lowest BCUT2D eigenvalue weighted by molar-refractivity contribution is -0.157. The molecule has 0 radical (unpaired) electrons. The second-order valence-corrected chi connectivity index (χ2v) is 29.8. The standard InChI is InChI=1S/C47H82O7Si2/c1-34(2)56(35(3)4,36(5)6)54-43(21-18-22-44(45-33-50-47(12,13)53-45)49-32-39-23-25-40(48-14)26-24-39)31-38(8)29-37(7)30-42-20-17-19-41(52-42)27-28-51-55(15,16)46(9,10)11/h17-19,21,23-26,34-37,41-45H,8,20,22,27-33H2,1-7,9-16H3/t37-,41-,42-,43?,44+,45-/m0/s1. The van der Waals surface area contributed by atoms with Crippen molar-refractivity contribution in [3.8, 4) is 5.75 Å². The van der Waals surface area contributed by atoms with E-state index in [1.165, 1.54) is 5.57 Å². The highest BCUT2D eigenvalue weighted by atomic mass is 28.4. The number of hydrogen-bond donors (Lipinski definition) is 0. The third-order valence-electron chi connectivity index (χ3n) is 12.4. The third-order valence-corrected chi connectivity index (χ3v) is 23.1. The molecular formula is C47H82O7Si2. The van der Waals surface area contributed by atoms with Gasteiger partial charge in [-0.15, -0.1) is 0 Å². The average Bonchev–Trinajstić information content (AvgIpc) is 3.46. The lowest BCUT2D eigenvalue weighted by atomic mass is 9.91. The molecule has 1 saturated heterocycles. The molecule has 6 atom stereocenters. The van der Waals surface area contributed by atoms with Gasteiger partial charge in [-0.3, -0.25) is 0 Å². The van der Waals surface area contributed by atoms with E-state index in [1.807, 2.05) is 38.1 Å². The molecule has 56 heavy (non-hydrogen) atoms. The van der Waals surface area contributed by atoms with Crippen LogP contribution in [-0.4, -0.2) is 73.3 Å². The van der Waals surface area contributed by atoms with Gasteiger partial charge >= 0.3 is 0 Å². The largest absolute Gasteiger partial charge is 0.497 e. The number of benzene rings is 1. The smallest absolute Gasteiger partial charge is 0.201 e. The maximum atomic E-state index is 7.45. The van der Waals surface area contributed by atoms with Crippen LogP contribution in [0.1, 0.15) is 127 Å². The van der Waals surface area contributed by atoms with Gasteiger partial charge in [0.2, 0.25) is 8.32 Å². The normalized spacial score (nSPS) is 22.4. The van der Waals surface area contributed by atoms with Crippen molar-refractivity contribution in [3.05, 3.63) is 66.3 Å². The van der Waals surface area contributed by atoms with E-state index >= 15 is 0 Å². The molecule has 320 valence electrons. The summed E-state index contributed by atoms with van der Waals surface area (Å²) in [5.41, 5.74) is 3.77. The topological polar surface area (TPSA) is 64.6 Å². The van der Waals surface area contributed by atoms with Crippen molar-refractivity contribution in [2.45, 2.75) is 199 Å². The molecule has 0 saturated carbocycles. The molecule has 0 aliphatic carbocycles. The van der Waals surface area contributed by atoms with E-state index in [0.717, 1.165) is 50.0 Å². The number of ether oxygens (including phenoxy) is 5. The molecule has 0 bridgehead atoms. The Morgan fingerprint density at radius 3 is 2.18 bits per heavy atom. The average molecular weight is 815 g/mol. The van der Waals surface area contributed by atoms with Crippen molar-refractivity contribution in [1.29, 1.82) is 0 Å². The van der Waals surface area contributed by atoms with Crippen LogP contribution in [-0.2, 0) is 34.4 Å². The van der Waals surface area contributed by atoms with Gasteiger partial charge < -0.3 is 32.5 Å². The first-order valence-electron chi connectivity index (χ1n) is 21.6. The van der Waals surface area contributed by atoms with Gasteiger partial charge in [-0.05, 0) is 111 Å². The van der Waals surface area contributed by atoms with Crippen LogP contribution in [0.3, 0.4) is 0 Å². The van der Waals surface area contributed by atoms with Crippen LogP contribution in [0.2, 0.25) is 34.8 Å². The Kier molecular flexibility index (Phi) is 18.8. The Morgan fingerprint density at radius 1 is 0.982 bits per heavy atom. The molecule has 2 heterocycles. The Morgan fingerprint density at radius 2 is 1.62 bits per heavy atom. The molecule has 2 aliphatic heterocycles. The molecule has 0 aromatic heterocycles. The Hall–Kier alpha value is -1.57. The van der Waals surface area contributed by atoms with Crippen LogP contribution >= 0.6 is 0 Å². The lowest BCUT2D eigenvalue weighted by Crippen LogP contribution is -2.50. The summed E-state index contributed by atoms with van der Waals surface area (Å²) in [5.74, 6) is 0.653. The fourth-order valence-corrected chi connectivity index (χ4v) is 15.0. The maximum Gasteiger partial charge on any atom is 0.201 e. The predicted octanol–water partition coefficient (Wildman–Crippen LogP) is 12.7. The summed E-state index contributed by atoms with van der Waals surface area (Å²) in [6.45, 7) is 38.3. The highest BCUT2D eigenvalue weighted by molar-refractivity contribution is 6.77. The van der Waals surface area contributed by atoms with Crippen LogP contribution in [0.15, 0.2) is 60.7 Å². The van der Waals surface area contributed by atoms with Crippen LogP contribution in [0.4, 0.5) is 0 Å². The van der Waals surface area contributed by atoms with Crippen LogP contribution in [0.25, 0.3) is 0 Å². The molecule has 0 amide bonds. The quantitative estimate of drug-likeness (QED) is 0.0805. The zero-order chi connectivity index (χ0) is 41.9. The molecule has 0 N–H and O–H groups in total. The Balaban J connectivity index is 1.70. The van der Waals surface area contributed by atoms with Crippen molar-refractivity contribution < 1.29 is 32.5 Å². The minimum atomic E-state index is -2.18. The highest BCUT2D eigenvalue weighted by Gasteiger charge is 2.46. The van der Waals surface area contributed by atoms with Crippen molar-refractivity contribution in [2.75, 3.05) is 20.3 Å². The third kappa shape index (κ3) is 14.6. The number of hydrogen-bond acceptors (Lipinski definition) is 7. The second-order valence-electron chi connectivity index (χ2n) is 19.6. The van der Waals surface area contributed by atoms with E-state index in [4.69, 9.17) is 32.5 Å². The van der Waals surface area contributed by atoms with E-state index in [0.29, 0.717) is 42.2 Å². The van der Waals surface area contributed by atoms with Crippen LogP contribution < -0.4 is 4.74 Å². The van der Waals surface area contributed by atoms with Crippen molar-refractivity contribution in [1.82, 2.24) is 0 Å². The molecule has 2 aliphatic rings. The summed E-state index contributed by atoms with van der Waals surface area (Å²) in [4.78, 5) is 0. The fourth-order valence-electron chi connectivity index (χ4n) is 8.42. The van der Waals surface area contributed by atoms with Gasteiger partial charge in [-0.2, -0.15) is 0 Å². The fraction of sp³-hybridized carbons (Fsp3) is 0.745. The monoisotopic (exact) mass is 815 g/mol. The molecule has 1 fully saturated rings. The first kappa shape index (κ1) is 48.8. The van der Waals surface area contributed by atoms with Gasteiger partial charge in [0.1, 0.15) is 11.9 Å². The maximum absolute atomic E-state index is 7.45. The van der Waals surface area contributed by atoms with Gasteiger partial charge in [0.25, 0.3) is 0 Å². The van der Waals surface area contributed by atoms with Gasteiger partial charge in [0.05, 0.1) is 44.7 Å². The summed E-state index contributed by atoms with van der Waals surface area (Å²) >= 11 is 0. The number of methoxy groups -OCH3 is 1. The minimum absolute atomic E-state index is 0.0628. The van der Waals surface area contributed by atoms with E-state index < -0.39 is 22.4 Å². The van der Waals surface area contributed by atoms with Gasteiger partial charge in [0, 0.05) is 6.61 Å². The van der Waals surface area contributed by atoms with E-state index in [2.05, 4.69) is 113 Å². The first-order chi connectivity index (χ1) is 26.1. The van der Waals surface area contributed by atoms with Gasteiger partial charge in [-0.25, -0.2) is 0 Å². The highest BCUT2D eigenvalue weighted by Crippen LogP contribution is 2.44. The summed E-state index contributed by atoms with van der Waals surface area (Å²) in [6, 6.07) is 8.04. The Bertz CT molecular complexity index is 1360. The van der Waals surface area contributed by atoms with Crippen molar-refractivity contribution in [3.63, 3.8) is 0 Å². The molecule has 1 aromatic rings. The second kappa shape index (κ2) is 21.6. The Labute approximate surface area is 345 Å². The summed E-state index contributed by atoms with van der Waals surface area (Å²) < 4.78 is 44.8. The van der Waals surface area contributed by atoms with Crippen molar-refractivity contribution in [2.24, 2.45) is 5.92 Å². The zero-order valence-electron chi connectivity index (χ0n) is 38.2. The minimum Gasteiger partial charge on any atom is -0.497 e. The summed E-state index contributed by atoms with van der Waals surface area (Å²) in [6.07, 6.45) is 14.4. The molecule has 1 unspecified atom stereocenters. The molecule has 3 rings (SSSR count). The van der Waals surface area contributed by atoms with Crippen LogP contribution in [0.5, 0.6) is 5.75 Å². The van der Waals surface area contributed by atoms with Crippen LogP contribution in [0, 0.1) is 5.92 Å². The first-order valence-corrected chi connectivity index (χ1v) is 26.7. The molecular weight excluding hydrogens is 733 g/mol. The SMILES string of the molecule is C=C(CC(C=CC[C@@H](OCc1ccc(OC)cc1)[C@@H]1COC(C)(C)O1)O[Si](C(C)C)(C(C)C)C(C)C)C[C@H](C)C[C@@H]1CC=C[C@@H](CCO[Si](C)(C)C(C)(C)C)O1. The summed E-state index contributed by atoms with van der Waals surface area (Å²) in [5, 5.41) is 0.213. The predicted molar refractivity (Wildman–Crippen MR) is 238 cm³/mol. The van der Waals surface area contributed by atoms with E-state index in [-0.39, 0.29) is 35.6 Å². The van der Waals surface area contributed by atoms with Gasteiger partial charge in [0.15, 0.2) is 14.1 Å². The molecule has 1 aromatic carbocycles.